The molecule has 0 saturated heterocycles. The van der Waals surface area contributed by atoms with Crippen LogP contribution >= 0.6 is 0 Å². The molecule has 0 aliphatic heterocycles. The average Bonchev–Trinajstić information content (AvgIpc) is 2.74. The number of benzene rings is 1. The minimum absolute atomic E-state index is 0.377. The van der Waals surface area contributed by atoms with E-state index in [0.717, 1.165) is 22.2 Å². The van der Waals surface area contributed by atoms with Gasteiger partial charge in [-0.25, -0.2) is 4.79 Å². The van der Waals surface area contributed by atoms with E-state index in [1.165, 1.54) is 7.11 Å². The van der Waals surface area contributed by atoms with E-state index in [0.29, 0.717) is 5.69 Å². The van der Waals surface area contributed by atoms with Gasteiger partial charge in [0.1, 0.15) is 11.4 Å². The van der Waals surface area contributed by atoms with E-state index in [-0.39, 0.29) is 5.97 Å². The third kappa shape index (κ3) is 1.52. The van der Waals surface area contributed by atoms with Gasteiger partial charge >= 0.3 is 5.97 Å². The van der Waals surface area contributed by atoms with Crippen LogP contribution in [0.4, 0.5) is 0 Å². The molecule has 1 N–H and O–H groups in total. The molecule has 0 radical (unpaired) electrons. The van der Waals surface area contributed by atoms with Gasteiger partial charge in [0.2, 0.25) is 0 Å². The second-order valence-electron chi connectivity index (χ2n) is 3.55. The van der Waals surface area contributed by atoms with Gasteiger partial charge in [0.05, 0.1) is 19.7 Å². The summed E-state index contributed by atoms with van der Waals surface area (Å²) in [6, 6.07) is 5.60. The Hall–Kier alpha value is -1.97. The number of ether oxygens (including phenoxy) is 2. The zero-order valence-electron chi connectivity index (χ0n) is 9.46. The molecule has 0 fully saturated rings. The Morgan fingerprint density at radius 3 is 2.69 bits per heavy atom. The second-order valence-corrected chi connectivity index (χ2v) is 3.55. The summed E-state index contributed by atoms with van der Waals surface area (Å²) in [6.45, 7) is 1.98. The summed E-state index contributed by atoms with van der Waals surface area (Å²) in [6.07, 6.45) is 0. The Morgan fingerprint density at radius 2 is 2.06 bits per heavy atom. The summed E-state index contributed by atoms with van der Waals surface area (Å²) < 4.78 is 9.89. The molecule has 2 aromatic rings. The number of nitrogens with one attached hydrogen (secondary N) is 1. The van der Waals surface area contributed by atoms with Gasteiger partial charge in [-0.15, -0.1) is 0 Å². The summed E-state index contributed by atoms with van der Waals surface area (Å²) in [4.78, 5) is 14.4. The fraction of sp³-hybridized carbons (Fsp3) is 0.250. The van der Waals surface area contributed by atoms with Crippen molar-refractivity contribution in [1.29, 1.82) is 0 Å². The predicted molar refractivity (Wildman–Crippen MR) is 60.9 cm³/mol. The van der Waals surface area contributed by atoms with E-state index in [9.17, 15) is 4.79 Å². The van der Waals surface area contributed by atoms with E-state index in [4.69, 9.17) is 4.74 Å². The van der Waals surface area contributed by atoms with Gasteiger partial charge in [0.15, 0.2) is 0 Å². The Kier molecular flexibility index (Phi) is 2.56. The van der Waals surface area contributed by atoms with E-state index in [1.807, 2.05) is 19.1 Å². The lowest BCUT2D eigenvalue weighted by atomic mass is 10.1. The molecule has 0 bridgehead atoms. The Balaban J connectivity index is 2.68. The van der Waals surface area contributed by atoms with Gasteiger partial charge < -0.3 is 14.5 Å². The predicted octanol–water partition coefficient (Wildman–Crippen LogP) is 2.27. The Labute approximate surface area is 93.2 Å². The Bertz CT molecular complexity index is 542. The highest BCUT2D eigenvalue weighted by molar-refractivity contribution is 5.97. The molecule has 84 valence electrons. The van der Waals surface area contributed by atoms with Crippen molar-refractivity contribution >= 4 is 16.9 Å². The fourth-order valence-corrected chi connectivity index (χ4v) is 1.72. The molecular weight excluding hydrogens is 206 g/mol. The average molecular weight is 219 g/mol. The maximum absolute atomic E-state index is 11.4. The van der Waals surface area contributed by atoms with Crippen LogP contribution in [-0.4, -0.2) is 25.2 Å². The summed E-state index contributed by atoms with van der Waals surface area (Å²) >= 11 is 0. The van der Waals surface area contributed by atoms with Crippen LogP contribution in [0.5, 0.6) is 5.75 Å². The third-order valence-corrected chi connectivity index (χ3v) is 2.60. The standard InChI is InChI=1S/C12H13NO3/c1-7-4-5-10(15-2)11-8(7)6-9(13-11)12(14)16-3/h4-6,13H,1-3H3. The minimum Gasteiger partial charge on any atom is -0.495 e. The molecule has 0 spiro atoms. The van der Waals surface area contributed by atoms with Crippen molar-refractivity contribution in [2.45, 2.75) is 6.92 Å². The van der Waals surface area contributed by atoms with Crippen LogP contribution in [0.25, 0.3) is 10.9 Å². The fourth-order valence-electron chi connectivity index (χ4n) is 1.72. The molecule has 4 nitrogen and oxygen atoms in total. The van der Waals surface area contributed by atoms with Crippen molar-refractivity contribution in [3.63, 3.8) is 0 Å². The lowest BCUT2D eigenvalue weighted by Gasteiger charge is -2.02. The van der Waals surface area contributed by atoms with E-state index in [1.54, 1.807) is 13.2 Å². The topological polar surface area (TPSA) is 51.3 Å². The summed E-state index contributed by atoms with van der Waals surface area (Å²) in [5, 5.41) is 0.972. The number of H-pyrrole nitrogens is 1. The van der Waals surface area contributed by atoms with Gasteiger partial charge in [-0.2, -0.15) is 0 Å². The summed E-state index contributed by atoms with van der Waals surface area (Å²) in [5.41, 5.74) is 2.34. The zero-order chi connectivity index (χ0) is 11.7. The molecular formula is C12H13NO3. The highest BCUT2D eigenvalue weighted by Gasteiger charge is 2.13. The van der Waals surface area contributed by atoms with Crippen molar-refractivity contribution in [3.05, 3.63) is 29.5 Å². The number of hydrogen-bond acceptors (Lipinski definition) is 3. The first-order valence-corrected chi connectivity index (χ1v) is 4.92. The van der Waals surface area contributed by atoms with Gasteiger partial charge in [-0.3, -0.25) is 0 Å². The lowest BCUT2D eigenvalue weighted by molar-refractivity contribution is 0.0595. The maximum atomic E-state index is 11.4. The number of rotatable bonds is 2. The van der Waals surface area contributed by atoms with Gasteiger partial charge in [0.25, 0.3) is 0 Å². The summed E-state index contributed by atoms with van der Waals surface area (Å²) in [7, 11) is 2.96. The van der Waals surface area contributed by atoms with Crippen LogP contribution in [0.15, 0.2) is 18.2 Å². The summed E-state index contributed by atoms with van der Waals surface area (Å²) in [5.74, 6) is 0.341. The first-order chi connectivity index (χ1) is 7.67. The number of carbonyl (C=O) groups excluding carboxylic acids is 1. The number of hydrogen-bond donors (Lipinski definition) is 1. The van der Waals surface area contributed by atoms with Crippen LogP contribution in [0, 0.1) is 6.92 Å². The van der Waals surface area contributed by atoms with Crippen LogP contribution in [0.2, 0.25) is 0 Å². The number of aromatic amines is 1. The van der Waals surface area contributed by atoms with E-state index < -0.39 is 0 Å². The number of esters is 1. The highest BCUT2D eigenvalue weighted by Crippen LogP contribution is 2.28. The molecule has 0 saturated carbocycles. The van der Waals surface area contributed by atoms with Gasteiger partial charge in [-0.05, 0) is 24.6 Å². The van der Waals surface area contributed by atoms with E-state index in [2.05, 4.69) is 9.72 Å². The Morgan fingerprint density at radius 1 is 1.31 bits per heavy atom. The number of aromatic nitrogens is 1. The molecule has 0 atom stereocenters. The number of fused-ring (bicyclic) bond motifs is 1. The second kappa shape index (κ2) is 3.89. The van der Waals surface area contributed by atoms with Crippen molar-refractivity contribution in [3.8, 4) is 5.75 Å². The minimum atomic E-state index is -0.377. The first kappa shape index (κ1) is 10.5. The van der Waals surface area contributed by atoms with Crippen molar-refractivity contribution in [1.82, 2.24) is 4.98 Å². The highest BCUT2D eigenvalue weighted by atomic mass is 16.5. The third-order valence-electron chi connectivity index (χ3n) is 2.60. The molecule has 0 amide bonds. The molecule has 1 heterocycles. The molecule has 2 rings (SSSR count). The van der Waals surface area contributed by atoms with Gasteiger partial charge in [-0.1, -0.05) is 6.07 Å². The van der Waals surface area contributed by atoms with Gasteiger partial charge in [0, 0.05) is 5.39 Å². The van der Waals surface area contributed by atoms with Crippen LogP contribution < -0.4 is 4.74 Å². The molecule has 16 heavy (non-hydrogen) atoms. The van der Waals surface area contributed by atoms with E-state index >= 15 is 0 Å². The van der Waals surface area contributed by atoms with Crippen LogP contribution in [-0.2, 0) is 4.74 Å². The number of methoxy groups -OCH3 is 2. The van der Waals surface area contributed by atoms with Crippen molar-refractivity contribution in [2.24, 2.45) is 0 Å². The molecule has 0 aliphatic rings. The maximum Gasteiger partial charge on any atom is 0.354 e. The quantitative estimate of drug-likeness (QED) is 0.788. The van der Waals surface area contributed by atoms with Crippen molar-refractivity contribution < 1.29 is 14.3 Å². The molecule has 1 aromatic carbocycles. The molecule has 1 aromatic heterocycles. The molecule has 4 heteroatoms. The zero-order valence-corrected chi connectivity index (χ0v) is 9.46. The number of carbonyl (C=O) groups is 1. The van der Waals surface area contributed by atoms with Crippen LogP contribution in [0.3, 0.4) is 0 Å². The van der Waals surface area contributed by atoms with Crippen LogP contribution in [0.1, 0.15) is 16.1 Å². The van der Waals surface area contributed by atoms with Crippen molar-refractivity contribution in [2.75, 3.05) is 14.2 Å². The smallest absolute Gasteiger partial charge is 0.354 e. The first-order valence-electron chi connectivity index (χ1n) is 4.92. The SMILES string of the molecule is COC(=O)c1cc2c(C)ccc(OC)c2[nH]1. The lowest BCUT2D eigenvalue weighted by Crippen LogP contribution is -2.00. The monoisotopic (exact) mass is 219 g/mol. The molecule has 0 unspecified atom stereocenters. The normalized spacial score (nSPS) is 10.4. The molecule has 0 aliphatic carbocycles. The largest absolute Gasteiger partial charge is 0.495 e. The number of aryl methyl sites for hydroxylation is 1.